The quantitative estimate of drug-likeness (QED) is 0.0673. The molecule has 14 nitrogen and oxygen atoms in total. The number of hydrogen-bond acceptors (Lipinski definition) is 11. The predicted octanol–water partition coefficient (Wildman–Crippen LogP) is 7.02. The molecular formula is C49H60F3N5O9S. The van der Waals surface area contributed by atoms with Crippen molar-refractivity contribution in [1.29, 1.82) is 0 Å². The van der Waals surface area contributed by atoms with Gasteiger partial charge in [0, 0.05) is 50.0 Å². The monoisotopic (exact) mass is 951 g/mol. The molecule has 3 fully saturated rings. The van der Waals surface area contributed by atoms with E-state index in [1.54, 1.807) is 17.4 Å². The molecule has 1 aliphatic carbocycles. The minimum Gasteiger partial charge on any atom is -0.506 e. The molecule has 4 aromatic rings. The summed E-state index contributed by atoms with van der Waals surface area (Å²) in [6.45, 7) is 7.51. The zero-order chi connectivity index (χ0) is 47.4. The zero-order valence-electron chi connectivity index (χ0n) is 37.6. The number of ether oxygens (including phenoxy) is 3. The molecule has 362 valence electrons. The lowest BCUT2D eigenvalue weighted by molar-refractivity contribution is -0.192. The third kappa shape index (κ3) is 13.7. The highest BCUT2D eigenvalue weighted by Crippen LogP contribution is 2.39. The Hall–Kier alpha value is -5.27. The number of phenols is 1. The fourth-order valence-corrected chi connectivity index (χ4v) is 10.3. The van der Waals surface area contributed by atoms with Gasteiger partial charge in [-0.15, -0.1) is 11.3 Å². The lowest BCUT2D eigenvalue weighted by Gasteiger charge is -2.47. The number of aliphatic carboxylic acids is 1. The van der Waals surface area contributed by atoms with Crippen LogP contribution in [0.2, 0.25) is 0 Å². The highest BCUT2D eigenvalue weighted by atomic mass is 32.1. The second kappa shape index (κ2) is 23.2. The van der Waals surface area contributed by atoms with Crippen LogP contribution in [0.25, 0.3) is 10.1 Å². The van der Waals surface area contributed by atoms with Crippen LogP contribution in [-0.4, -0.2) is 139 Å². The number of anilines is 1. The van der Waals surface area contributed by atoms with E-state index in [2.05, 4.69) is 56.8 Å². The van der Waals surface area contributed by atoms with Gasteiger partial charge in [0.15, 0.2) is 12.4 Å². The minimum absolute atomic E-state index is 0.00376. The van der Waals surface area contributed by atoms with Crippen molar-refractivity contribution in [3.8, 4) is 11.5 Å². The lowest BCUT2D eigenvalue weighted by atomic mass is 9.89. The van der Waals surface area contributed by atoms with Crippen LogP contribution in [-0.2, 0) is 43.2 Å². The van der Waals surface area contributed by atoms with Crippen LogP contribution in [0, 0.1) is 0 Å². The number of carbonyl (C=O) groups is 4. The summed E-state index contributed by atoms with van der Waals surface area (Å²) in [4.78, 5) is 55.1. The van der Waals surface area contributed by atoms with Gasteiger partial charge < -0.3 is 44.9 Å². The largest absolute Gasteiger partial charge is 0.506 e. The van der Waals surface area contributed by atoms with E-state index >= 15 is 0 Å². The van der Waals surface area contributed by atoms with Crippen molar-refractivity contribution in [1.82, 2.24) is 20.0 Å². The number of likely N-dealkylation sites (tertiary alicyclic amines) is 1. The number of morpholine rings is 1. The van der Waals surface area contributed by atoms with Gasteiger partial charge in [0.2, 0.25) is 5.91 Å². The van der Waals surface area contributed by atoms with Gasteiger partial charge in [-0.25, -0.2) is 4.79 Å². The van der Waals surface area contributed by atoms with Gasteiger partial charge in [-0.2, -0.15) is 13.2 Å². The molecule has 4 N–H and O–H groups in total. The van der Waals surface area contributed by atoms with Gasteiger partial charge in [0.05, 0.1) is 43.3 Å². The summed E-state index contributed by atoms with van der Waals surface area (Å²) in [6, 6.07) is 22.6. The third-order valence-corrected chi connectivity index (χ3v) is 13.9. The molecule has 3 aliphatic heterocycles. The van der Waals surface area contributed by atoms with E-state index in [1.807, 2.05) is 29.2 Å². The summed E-state index contributed by atoms with van der Waals surface area (Å²) >= 11 is 1.58. The van der Waals surface area contributed by atoms with E-state index in [0.29, 0.717) is 76.8 Å². The number of hydrogen-bond donors (Lipinski definition) is 4. The number of nitrogens with one attached hydrogen (secondary N) is 2. The van der Waals surface area contributed by atoms with E-state index in [0.717, 1.165) is 85.1 Å². The summed E-state index contributed by atoms with van der Waals surface area (Å²) in [5.41, 5.74) is 3.49. The molecule has 0 bridgehead atoms. The van der Waals surface area contributed by atoms with E-state index in [1.165, 1.54) is 17.5 Å². The second-order valence-electron chi connectivity index (χ2n) is 17.6. The molecule has 0 unspecified atom stereocenters. The Morgan fingerprint density at radius 3 is 2.46 bits per heavy atom. The summed E-state index contributed by atoms with van der Waals surface area (Å²) in [5.74, 6) is -2.24. The molecule has 0 atom stereocenters. The number of carboxylic acids is 1. The molecule has 3 amide bonds. The number of thiophene rings is 1. The number of carboxylic acid groups (broad SMARTS) is 1. The number of fused-ring (bicyclic) bond motifs is 2. The van der Waals surface area contributed by atoms with Crippen LogP contribution < -0.4 is 15.4 Å². The molecule has 1 aromatic heterocycles. The average Bonchev–Trinajstić information content (AvgIpc) is 3.76. The summed E-state index contributed by atoms with van der Waals surface area (Å²) < 4.78 is 51.0. The number of phenolic OH excluding ortho intramolecular Hbond substituents is 1. The number of halogens is 3. The van der Waals surface area contributed by atoms with E-state index in [4.69, 9.17) is 24.1 Å². The van der Waals surface area contributed by atoms with Crippen LogP contribution in [0.1, 0.15) is 77.7 Å². The van der Waals surface area contributed by atoms with Crippen molar-refractivity contribution in [2.75, 3.05) is 77.6 Å². The highest BCUT2D eigenvalue weighted by molar-refractivity contribution is 7.20. The van der Waals surface area contributed by atoms with Crippen molar-refractivity contribution < 1.29 is 56.8 Å². The van der Waals surface area contributed by atoms with Gasteiger partial charge >= 0.3 is 12.1 Å². The van der Waals surface area contributed by atoms with Crippen LogP contribution in [0.5, 0.6) is 11.5 Å². The number of benzene rings is 3. The first-order chi connectivity index (χ1) is 32.3. The predicted molar refractivity (Wildman–Crippen MR) is 248 cm³/mol. The maximum absolute atomic E-state index is 13.6. The van der Waals surface area contributed by atoms with Gasteiger partial charge in [-0.3, -0.25) is 19.3 Å². The minimum atomic E-state index is -5.08. The van der Waals surface area contributed by atoms with E-state index in [-0.39, 0.29) is 41.7 Å². The summed E-state index contributed by atoms with van der Waals surface area (Å²) in [6.07, 6.45) is 4.19. The van der Waals surface area contributed by atoms with Crippen molar-refractivity contribution in [3.05, 3.63) is 88.3 Å². The van der Waals surface area contributed by atoms with E-state index in [9.17, 15) is 32.7 Å². The zero-order valence-corrected chi connectivity index (χ0v) is 38.4. The molecule has 67 heavy (non-hydrogen) atoms. The van der Waals surface area contributed by atoms with Crippen molar-refractivity contribution in [2.45, 2.75) is 88.6 Å². The fourth-order valence-electron chi connectivity index (χ4n) is 9.28. The Morgan fingerprint density at radius 2 is 1.70 bits per heavy atom. The lowest BCUT2D eigenvalue weighted by Crippen LogP contribution is -2.57. The maximum atomic E-state index is 13.6. The number of nitrogens with zero attached hydrogens (tertiary/aromatic N) is 3. The number of rotatable bonds is 16. The Labute approximate surface area is 392 Å². The molecule has 1 saturated carbocycles. The number of alkyl halides is 3. The fraction of sp³-hybridized carbons (Fsp3) is 0.510. The normalized spacial score (nSPS) is 17.5. The number of aromatic hydroxyl groups is 1. The van der Waals surface area contributed by atoms with Crippen molar-refractivity contribution in [3.63, 3.8) is 0 Å². The molecule has 0 radical (unpaired) electrons. The van der Waals surface area contributed by atoms with Crippen LogP contribution in [0.3, 0.4) is 0 Å². The topological polar surface area (TPSA) is 170 Å². The average molecular weight is 952 g/mol. The number of carbonyl (C=O) groups excluding carboxylic acids is 3. The molecule has 4 heterocycles. The van der Waals surface area contributed by atoms with Gasteiger partial charge in [-0.05, 0) is 85.3 Å². The third-order valence-electron chi connectivity index (χ3n) is 12.8. The summed E-state index contributed by atoms with van der Waals surface area (Å²) in [7, 11) is 0. The molecule has 3 aromatic carbocycles. The first-order valence-corrected chi connectivity index (χ1v) is 24.0. The summed E-state index contributed by atoms with van der Waals surface area (Å²) in [5, 5.41) is 24.6. The van der Waals surface area contributed by atoms with E-state index < -0.39 is 12.1 Å². The highest BCUT2D eigenvalue weighted by Gasteiger charge is 2.41. The Morgan fingerprint density at radius 1 is 0.940 bits per heavy atom. The van der Waals surface area contributed by atoms with Crippen LogP contribution in [0.4, 0.5) is 18.9 Å². The molecule has 4 aliphatic rings. The maximum Gasteiger partial charge on any atom is 0.490 e. The molecule has 18 heteroatoms. The second-order valence-corrected chi connectivity index (χ2v) is 18.7. The smallest absolute Gasteiger partial charge is 0.490 e. The standard InChI is InChI=1S/C47H59N5O7S.C2HF3O2/c53-39-14-13-36(45-44(39)49-42(54)32-58-45)15-20-48-21-24-52(38-10-2-1-3-11-38)43(55)17-27-57-26-16-34-7-6-8-35(29-34)31-50-22-18-47(19-23-50)33-51(25-28-59-47)46(56)41-30-37-9-4-5-12-40(37)60-41;3-2(4,5)1(6)7/h4-9,12-14,29-30,38,48,53H,1-3,10-11,15-28,31-33H2,(H,49,54);(H,6,7). The van der Waals surface area contributed by atoms with Crippen LogP contribution in [0.15, 0.2) is 66.7 Å². The van der Waals surface area contributed by atoms with Crippen LogP contribution >= 0.6 is 11.3 Å². The van der Waals surface area contributed by atoms with Gasteiger partial charge in [0.1, 0.15) is 11.4 Å². The number of piperidine rings is 1. The Balaban J connectivity index is 0.000000883. The first kappa shape index (κ1) is 49.6. The molecule has 8 rings (SSSR count). The molecule has 2 saturated heterocycles. The Bertz CT molecular complexity index is 2300. The Kier molecular flexibility index (Phi) is 17.2. The SMILES string of the molecule is O=C(O)C(F)(F)F.O=C1COc2c(CCNCCN(C(=O)CCOCCc3cccc(CN4CCC5(CC4)CN(C(=O)c4cc6ccccc6s4)CCO5)c3)C3CCCCC3)ccc(O)c2N1. The van der Waals surface area contributed by atoms with Crippen molar-refractivity contribution >= 4 is 50.8 Å². The van der Waals surface area contributed by atoms with Crippen molar-refractivity contribution in [2.24, 2.45) is 0 Å². The van der Waals surface area contributed by atoms with Gasteiger partial charge in [-0.1, -0.05) is 67.8 Å². The molecule has 1 spiro atoms. The van der Waals surface area contributed by atoms with Gasteiger partial charge in [0.25, 0.3) is 11.8 Å². The molecular weight excluding hydrogens is 892 g/mol. The number of amides is 3. The first-order valence-electron chi connectivity index (χ1n) is 23.1.